The van der Waals surface area contributed by atoms with Gasteiger partial charge in [0, 0.05) is 12.6 Å². The lowest BCUT2D eigenvalue weighted by Crippen LogP contribution is -2.48. The van der Waals surface area contributed by atoms with Gasteiger partial charge in [0.2, 0.25) is 5.91 Å². The molecule has 0 aromatic carbocycles. The van der Waals surface area contributed by atoms with Gasteiger partial charge in [0.25, 0.3) is 0 Å². The van der Waals surface area contributed by atoms with Crippen molar-refractivity contribution in [2.24, 2.45) is 5.41 Å². The summed E-state index contributed by atoms with van der Waals surface area (Å²) in [5, 5.41) is 7.35. The number of carbonyl (C=O) groups excluding carboxylic acids is 1. The highest BCUT2D eigenvalue weighted by Crippen LogP contribution is 2.40. The standard InChI is InChI=1S/C16H25N3O2/c1-3-16(6-8-17-9-7-16)15(20)19-10-4-5-13(19)14-11-12(2)18-21-14/h11,13,17H,3-10H2,1-2H3. The van der Waals surface area contributed by atoms with E-state index in [0.29, 0.717) is 5.91 Å². The first kappa shape index (κ1) is 14.6. The van der Waals surface area contributed by atoms with Crippen LogP contribution in [0.4, 0.5) is 0 Å². The fourth-order valence-electron chi connectivity index (χ4n) is 3.77. The Balaban J connectivity index is 1.82. The number of hydrogen-bond donors (Lipinski definition) is 1. The Bertz CT molecular complexity index is 505. The van der Waals surface area contributed by atoms with Gasteiger partial charge in [-0.3, -0.25) is 4.79 Å². The molecular formula is C16H25N3O2. The number of nitrogens with one attached hydrogen (secondary N) is 1. The maximum Gasteiger partial charge on any atom is 0.229 e. The molecule has 5 heteroatoms. The van der Waals surface area contributed by atoms with Crippen LogP contribution in [0.25, 0.3) is 0 Å². The van der Waals surface area contributed by atoms with E-state index >= 15 is 0 Å². The van der Waals surface area contributed by atoms with E-state index in [1.807, 2.05) is 13.0 Å². The minimum absolute atomic E-state index is 0.0806. The van der Waals surface area contributed by atoms with Gasteiger partial charge in [0.1, 0.15) is 0 Å². The molecule has 3 rings (SSSR count). The van der Waals surface area contributed by atoms with E-state index in [0.717, 1.165) is 63.2 Å². The molecule has 2 aliphatic rings. The number of piperidine rings is 1. The van der Waals surface area contributed by atoms with Crippen LogP contribution >= 0.6 is 0 Å². The number of aromatic nitrogens is 1. The zero-order valence-electron chi connectivity index (χ0n) is 13.0. The molecule has 3 heterocycles. The van der Waals surface area contributed by atoms with Gasteiger partial charge >= 0.3 is 0 Å². The fraction of sp³-hybridized carbons (Fsp3) is 0.750. The monoisotopic (exact) mass is 291 g/mol. The number of amides is 1. The molecule has 0 aliphatic carbocycles. The minimum Gasteiger partial charge on any atom is -0.359 e. The van der Waals surface area contributed by atoms with E-state index in [1.165, 1.54) is 0 Å². The van der Waals surface area contributed by atoms with Crippen molar-refractivity contribution in [2.45, 2.75) is 52.0 Å². The average molecular weight is 291 g/mol. The second-order valence-corrected chi connectivity index (χ2v) is 6.41. The van der Waals surface area contributed by atoms with Gasteiger partial charge in [-0.25, -0.2) is 0 Å². The van der Waals surface area contributed by atoms with E-state index in [9.17, 15) is 4.79 Å². The second kappa shape index (κ2) is 5.79. The maximum absolute atomic E-state index is 13.2. The number of nitrogens with zero attached hydrogens (tertiary/aromatic N) is 2. The zero-order valence-corrected chi connectivity index (χ0v) is 13.0. The van der Waals surface area contributed by atoms with E-state index in [1.54, 1.807) is 0 Å². The Morgan fingerprint density at radius 3 is 2.90 bits per heavy atom. The molecule has 21 heavy (non-hydrogen) atoms. The summed E-state index contributed by atoms with van der Waals surface area (Å²) < 4.78 is 5.43. The summed E-state index contributed by atoms with van der Waals surface area (Å²) in [5.41, 5.74) is 0.708. The van der Waals surface area contributed by atoms with Crippen LogP contribution in [0.1, 0.15) is 56.5 Å². The molecule has 2 fully saturated rings. The molecule has 1 aromatic rings. The molecule has 1 atom stereocenters. The molecule has 0 radical (unpaired) electrons. The molecule has 2 aliphatic heterocycles. The van der Waals surface area contributed by atoms with Gasteiger partial charge in [-0.1, -0.05) is 12.1 Å². The van der Waals surface area contributed by atoms with Crippen molar-refractivity contribution >= 4 is 5.91 Å². The van der Waals surface area contributed by atoms with E-state index < -0.39 is 0 Å². The first-order chi connectivity index (χ1) is 10.2. The number of hydrogen-bond acceptors (Lipinski definition) is 4. The number of likely N-dealkylation sites (tertiary alicyclic amines) is 1. The third-order valence-corrected chi connectivity index (χ3v) is 5.18. The molecule has 1 N–H and O–H groups in total. The van der Waals surface area contributed by atoms with Crippen molar-refractivity contribution in [1.82, 2.24) is 15.4 Å². The van der Waals surface area contributed by atoms with Crippen molar-refractivity contribution in [3.8, 4) is 0 Å². The molecule has 1 aromatic heterocycles. The molecule has 1 unspecified atom stereocenters. The highest BCUT2D eigenvalue weighted by Gasteiger charge is 2.44. The topological polar surface area (TPSA) is 58.4 Å². The van der Waals surface area contributed by atoms with Crippen LogP contribution in [0, 0.1) is 12.3 Å². The van der Waals surface area contributed by atoms with Crippen molar-refractivity contribution in [3.63, 3.8) is 0 Å². The molecule has 0 bridgehead atoms. The Kier molecular flexibility index (Phi) is 4.02. The van der Waals surface area contributed by atoms with Crippen LogP contribution in [0.2, 0.25) is 0 Å². The van der Waals surface area contributed by atoms with Crippen LogP contribution in [0.15, 0.2) is 10.6 Å². The van der Waals surface area contributed by atoms with Gasteiger partial charge in [-0.15, -0.1) is 0 Å². The van der Waals surface area contributed by atoms with Gasteiger partial charge in [0.15, 0.2) is 5.76 Å². The van der Waals surface area contributed by atoms with Crippen molar-refractivity contribution in [1.29, 1.82) is 0 Å². The Morgan fingerprint density at radius 1 is 1.52 bits per heavy atom. The fourth-order valence-corrected chi connectivity index (χ4v) is 3.77. The van der Waals surface area contributed by atoms with Crippen LogP contribution in [0.5, 0.6) is 0 Å². The number of rotatable bonds is 3. The van der Waals surface area contributed by atoms with E-state index in [2.05, 4.69) is 22.3 Å². The first-order valence-electron chi connectivity index (χ1n) is 8.11. The quantitative estimate of drug-likeness (QED) is 0.929. The van der Waals surface area contributed by atoms with E-state index in [-0.39, 0.29) is 11.5 Å². The average Bonchev–Trinajstić information content (AvgIpc) is 3.15. The Labute approximate surface area is 126 Å². The lowest BCUT2D eigenvalue weighted by molar-refractivity contribution is -0.145. The summed E-state index contributed by atoms with van der Waals surface area (Å²) in [6.07, 6.45) is 4.85. The lowest BCUT2D eigenvalue weighted by Gasteiger charge is -2.39. The third-order valence-electron chi connectivity index (χ3n) is 5.18. The predicted molar refractivity (Wildman–Crippen MR) is 79.8 cm³/mol. The minimum atomic E-state index is -0.178. The highest BCUT2D eigenvalue weighted by molar-refractivity contribution is 5.83. The molecule has 116 valence electrons. The molecule has 2 saturated heterocycles. The molecule has 0 spiro atoms. The van der Waals surface area contributed by atoms with Crippen LogP contribution in [-0.2, 0) is 4.79 Å². The molecular weight excluding hydrogens is 266 g/mol. The summed E-state index contributed by atoms with van der Waals surface area (Å²) in [6, 6.07) is 2.05. The zero-order chi connectivity index (χ0) is 14.9. The normalized spacial score (nSPS) is 25.2. The van der Waals surface area contributed by atoms with Crippen molar-refractivity contribution in [3.05, 3.63) is 17.5 Å². The van der Waals surface area contributed by atoms with Crippen LogP contribution in [0.3, 0.4) is 0 Å². The summed E-state index contributed by atoms with van der Waals surface area (Å²) in [5.74, 6) is 1.17. The maximum atomic E-state index is 13.2. The van der Waals surface area contributed by atoms with Crippen LogP contribution < -0.4 is 5.32 Å². The largest absolute Gasteiger partial charge is 0.359 e. The van der Waals surface area contributed by atoms with Crippen molar-refractivity contribution in [2.75, 3.05) is 19.6 Å². The second-order valence-electron chi connectivity index (χ2n) is 6.41. The lowest BCUT2D eigenvalue weighted by atomic mass is 9.75. The van der Waals surface area contributed by atoms with Crippen molar-refractivity contribution < 1.29 is 9.32 Å². The Morgan fingerprint density at radius 2 is 2.29 bits per heavy atom. The highest BCUT2D eigenvalue weighted by atomic mass is 16.5. The number of carbonyl (C=O) groups is 1. The molecule has 5 nitrogen and oxygen atoms in total. The summed E-state index contributed by atoms with van der Waals surface area (Å²) >= 11 is 0. The smallest absolute Gasteiger partial charge is 0.229 e. The number of aryl methyl sites for hydroxylation is 1. The SMILES string of the molecule is CCC1(C(=O)N2CCCC2c2cc(C)no2)CCNCC1. The third kappa shape index (κ3) is 2.59. The van der Waals surface area contributed by atoms with Gasteiger partial charge in [0.05, 0.1) is 17.2 Å². The predicted octanol–water partition coefficient (Wildman–Crippen LogP) is 2.43. The van der Waals surface area contributed by atoms with Gasteiger partial charge in [-0.05, 0) is 52.1 Å². The molecule has 1 amide bonds. The van der Waals surface area contributed by atoms with Gasteiger partial charge in [-0.2, -0.15) is 0 Å². The summed E-state index contributed by atoms with van der Waals surface area (Å²) in [4.78, 5) is 15.2. The van der Waals surface area contributed by atoms with Crippen LogP contribution in [-0.4, -0.2) is 35.6 Å². The first-order valence-corrected chi connectivity index (χ1v) is 8.11. The summed E-state index contributed by atoms with van der Waals surface area (Å²) in [6.45, 7) is 6.80. The van der Waals surface area contributed by atoms with Gasteiger partial charge < -0.3 is 14.7 Å². The van der Waals surface area contributed by atoms with E-state index in [4.69, 9.17) is 4.52 Å². The molecule has 0 saturated carbocycles. The Hall–Kier alpha value is -1.36. The summed E-state index contributed by atoms with van der Waals surface area (Å²) in [7, 11) is 0.